The Balaban J connectivity index is 3.19. The molecule has 1 rings (SSSR count). The van der Waals surface area contributed by atoms with Crippen molar-refractivity contribution in [3.05, 3.63) is 35.9 Å². The molecule has 1 aromatic rings. The van der Waals surface area contributed by atoms with E-state index in [2.05, 4.69) is 10.6 Å². The Bertz CT molecular complexity index is 807. The van der Waals surface area contributed by atoms with Gasteiger partial charge in [0.15, 0.2) is 0 Å². The number of carbonyl (C=O) groups is 4. The van der Waals surface area contributed by atoms with E-state index < -0.39 is 35.6 Å². The first-order chi connectivity index (χ1) is 15.4. The zero-order chi connectivity index (χ0) is 25.2. The molecule has 0 saturated heterocycles. The van der Waals surface area contributed by atoms with Crippen LogP contribution in [0.15, 0.2) is 30.3 Å². The van der Waals surface area contributed by atoms with E-state index in [9.17, 15) is 19.2 Å². The second-order valence-electron chi connectivity index (χ2n) is 9.16. The van der Waals surface area contributed by atoms with Crippen LogP contribution in [0, 0.1) is 0 Å². The van der Waals surface area contributed by atoms with Crippen LogP contribution in [-0.4, -0.2) is 53.4 Å². The molecule has 0 aromatic heterocycles. The molecular formula is C24H38N4O5. The van der Waals surface area contributed by atoms with Crippen molar-refractivity contribution in [3.8, 4) is 0 Å². The van der Waals surface area contributed by atoms with Gasteiger partial charge in [0.2, 0.25) is 17.7 Å². The molecule has 0 spiro atoms. The highest BCUT2D eigenvalue weighted by Gasteiger charge is 2.34. The van der Waals surface area contributed by atoms with Crippen LogP contribution in [0.5, 0.6) is 0 Å². The van der Waals surface area contributed by atoms with Gasteiger partial charge in [-0.25, -0.2) is 4.79 Å². The Morgan fingerprint density at radius 3 is 2.18 bits per heavy atom. The van der Waals surface area contributed by atoms with Crippen molar-refractivity contribution in [1.29, 1.82) is 0 Å². The zero-order valence-electron chi connectivity index (χ0n) is 20.5. The lowest BCUT2D eigenvalue weighted by atomic mass is 10.0. The molecule has 1 aromatic carbocycles. The lowest BCUT2D eigenvalue weighted by molar-refractivity contribution is -0.141. The molecule has 0 bridgehead atoms. The summed E-state index contributed by atoms with van der Waals surface area (Å²) in [7, 11) is 1.50. The molecule has 4 N–H and O–H groups in total. The third kappa shape index (κ3) is 9.93. The van der Waals surface area contributed by atoms with Crippen molar-refractivity contribution in [2.75, 3.05) is 7.05 Å². The van der Waals surface area contributed by atoms with Crippen LogP contribution < -0.4 is 16.4 Å². The molecule has 9 heteroatoms. The predicted molar refractivity (Wildman–Crippen MR) is 126 cm³/mol. The van der Waals surface area contributed by atoms with Crippen molar-refractivity contribution in [1.82, 2.24) is 15.5 Å². The number of likely N-dealkylation sites (N-methyl/N-ethyl adjacent to an activating group) is 1. The summed E-state index contributed by atoms with van der Waals surface area (Å²) in [6.45, 7) is 9.04. The second kappa shape index (κ2) is 12.8. The monoisotopic (exact) mass is 462 g/mol. The average Bonchev–Trinajstić information content (AvgIpc) is 2.70. The molecule has 0 aliphatic carbocycles. The molecule has 0 radical (unpaired) electrons. The average molecular weight is 463 g/mol. The standard InChI is InChI=1S/C24H38N4O5/c1-7-11-16(2)26-21(30)20(17-12-9-8-10-13-17)28(6)22(31)18(14-15-19(25)29)27-23(32)33-24(3,4)5/h8-10,12-13,16,18,20H,7,11,14-15H2,1-6H3,(H2,25,29)(H,26,30)(H,27,32). The SMILES string of the molecule is CCCC(C)NC(=O)C(c1ccccc1)N(C)C(=O)C(CCC(N)=O)NC(=O)OC(C)(C)C. The number of nitrogens with two attached hydrogens (primary N) is 1. The Morgan fingerprint density at radius 2 is 1.67 bits per heavy atom. The van der Waals surface area contributed by atoms with Crippen LogP contribution in [0.4, 0.5) is 4.79 Å². The molecule has 0 heterocycles. The summed E-state index contributed by atoms with van der Waals surface area (Å²) < 4.78 is 5.26. The van der Waals surface area contributed by atoms with Crippen LogP contribution in [-0.2, 0) is 19.1 Å². The van der Waals surface area contributed by atoms with Gasteiger partial charge in [-0.05, 0) is 46.1 Å². The second-order valence-corrected chi connectivity index (χ2v) is 9.16. The van der Waals surface area contributed by atoms with Crippen LogP contribution in [0.2, 0.25) is 0 Å². The predicted octanol–water partition coefficient (Wildman–Crippen LogP) is 2.65. The molecule has 3 atom stereocenters. The third-order valence-corrected chi connectivity index (χ3v) is 4.88. The minimum absolute atomic E-state index is 0.0207. The highest BCUT2D eigenvalue weighted by atomic mass is 16.6. The highest BCUT2D eigenvalue weighted by molar-refractivity contribution is 5.92. The van der Waals surface area contributed by atoms with E-state index in [1.807, 2.05) is 19.9 Å². The van der Waals surface area contributed by atoms with Crippen molar-refractivity contribution in [2.45, 2.75) is 84.0 Å². The summed E-state index contributed by atoms with van der Waals surface area (Å²) in [5, 5.41) is 5.48. The van der Waals surface area contributed by atoms with Crippen LogP contribution >= 0.6 is 0 Å². The molecule has 0 saturated carbocycles. The molecule has 4 amide bonds. The first-order valence-corrected chi connectivity index (χ1v) is 11.3. The third-order valence-electron chi connectivity index (χ3n) is 4.88. The van der Waals surface area contributed by atoms with E-state index in [1.165, 1.54) is 11.9 Å². The lowest BCUT2D eigenvalue weighted by Crippen LogP contribution is -2.52. The maximum atomic E-state index is 13.4. The largest absolute Gasteiger partial charge is 0.444 e. The topological polar surface area (TPSA) is 131 Å². The number of rotatable bonds is 11. The van der Waals surface area contributed by atoms with Crippen molar-refractivity contribution < 1.29 is 23.9 Å². The number of primary amides is 1. The van der Waals surface area contributed by atoms with Gasteiger partial charge < -0.3 is 26.0 Å². The summed E-state index contributed by atoms with van der Waals surface area (Å²) in [6.07, 6.45) is 0.771. The number of benzene rings is 1. The maximum absolute atomic E-state index is 13.4. The number of ether oxygens (including phenoxy) is 1. The smallest absolute Gasteiger partial charge is 0.408 e. The summed E-state index contributed by atoms with van der Waals surface area (Å²) in [5.41, 5.74) is 5.12. The maximum Gasteiger partial charge on any atom is 0.408 e. The minimum atomic E-state index is -1.09. The van der Waals surface area contributed by atoms with E-state index in [4.69, 9.17) is 10.5 Å². The van der Waals surface area contributed by atoms with Gasteiger partial charge in [-0.1, -0.05) is 43.7 Å². The molecule has 33 heavy (non-hydrogen) atoms. The van der Waals surface area contributed by atoms with E-state index in [0.29, 0.717) is 5.56 Å². The molecule has 0 aliphatic heterocycles. The fourth-order valence-electron chi connectivity index (χ4n) is 3.38. The highest BCUT2D eigenvalue weighted by Crippen LogP contribution is 2.22. The van der Waals surface area contributed by atoms with Gasteiger partial charge in [0.25, 0.3) is 0 Å². The Labute approximate surface area is 196 Å². The summed E-state index contributed by atoms with van der Waals surface area (Å²) in [6, 6.07) is 6.83. The minimum Gasteiger partial charge on any atom is -0.444 e. The van der Waals surface area contributed by atoms with Gasteiger partial charge in [0, 0.05) is 19.5 Å². The van der Waals surface area contributed by atoms with Gasteiger partial charge in [0.05, 0.1) is 0 Å². The molecule has 184 valence electrons. The lowest BCUT2D eigenvalue weighted by Gasteiger charge is -2.32. The molecule has 3 unspecified atom stereocenters. The van der Waals surface area contributed by atoms with Gasteiger partial charge >= 0.3 is 6.09 Å². The fraction of sp³-hybridized carbons (Fsp3) is 0.583. The van der Waals surface area contributed by atoms with E-state index in [0.717, 1.165) is 12.8 Å². The van der Waals surface area contributed by atoms with Crippen molar-refractivity contribution >= 4 is 23.8 Å². The first-order valence-electron chi connectivity index (χ1n) is 11.3. The molecular weight excluding hydrogens is 424 g/mol. The summed E-state index contributed by atoms with van der Waals surface area (Å²) >= 11 is 0. The zero-order valence-corrected chi connectivity index (χ0v) is 20.5. The van der Waals surface area contributed by atoms with Gasteiger partial charge in [-0.2, -0.15) is 0 Å². The van der Waals surface area contributed by atoms with Gasteiger partial charge in [0.1, 0.15) is 17.7 Å². The van der Waals surface area contributed by atoms with Crippen LogP contribution in [0.3, 0.4) is 0 Å². The summed E-state index contributed by atoms with van der Waals surface area (Å²) in [5.74, 6) is -1.47. The number of amides is 4. The van der Waals surface area contributed by atoms with Gasteiger partial charge in [-0.3, -0.25) is 14.4 Å². The molecule has 9 nitrogen and oxygen atoms in total. The van der Waals surface area contributed by atoms with Crippen molar-refractivity contribution in [3.63, 3.8) is 0 Å². The van der Waals surface area contributed by atoms with Crippen LogP contribution in [0.1, 0.15) is 71.9 Å². The summed E-state index contributed by atoms with van der Waals surface area (Å²) in [4.78, 5) is 51.6. The first kappa shape index (κ1) is 27.9. The van der Waals surface area contributed by atoms with E-state index in [-0.39, 0.29) is 24.8 Å². The van der Waals surface area contributed by atoms with Gasteiger partial charge in [-0.15, -0.1) is 0 Å². The number of alkyl carbamates (subject to hydrolysis) is 1. The number of nitrogens with one attached hydrogen (secondary N) is 2. The molecule has 0 aliphatic rings. The number of nitrogens with zero attached hydrogens (tertiary/aromatic N) is 1. The van der Waals surface area contributed by atoms with Crippen molar-refractivity contribution in [2.24, 2.45) is 5.73 Å². The molecule has 0 fully saturated rings. The number of hydrogen-bond acceptors (Lipinski definition) is 5. The van der Waals surface area contributed by atoms with Crippen LogP contribution in [0.25, 0.3) is 0 Å². The number of carbonyl (C=O) groups excluding carboxylic acids is 4. The quantitative estimate of drug-likeness (QED) is 0.465. The van der Waals surface area contributed by atoms with E-state index >= 15 is 0 Å². The Morgan fingerprint density at radius 1 is 1.06 bits per heavy atom. The fourth-order valence-corrected chi connectivity index (χ4v) is 3.38. The normalized spacial score (nSPS) is 13.9. The van der Waals surface area contributed by atoms with E-state index in [1.54, 1.807) is 45.0 Å². The Hall–Kier alpha value is -3.10. The number of hydrogen-bond donors (Lipinski definition) is 3. The Kier molecular flexibility index (Phi) is 10.8.